The molecule has 0 amide bonds. The molecule has 5 aliphatic rings. The standard InChI is InChI=1S/C19H30O2/c1-18-8-7-14-12(13(18)5-6-17(18)20)4-3-11-9-15-16(21-15)10-19(11,14)2/h11-17,20H,3-10H2,1-2H3/t11-,12+,13+,14+,15?,16?,17-,18+,19+/m1/s1. The van der Waals surface area contributed by atoms with Crippen LogP contribution >= 0.6 is 0 Å². The van der Waals surface area contributed by atoms with Crippen molar-refractivity contribution in [2.75, 3.05) is 0 Å². The first-order chi connectivity index (χ1) is 10.0. The first kappa shape index (κ1) is 13.4. The Morgan fingerprint density at radius 2 is 1.71 bits per heavy atom. The van der Waals surface area contributed by atoms with E-state index in [2.05, 4.69) is 13.8 Å². The van der Waals surface area contributed by atoms with Gasteiger partial charge in [-0.3, -0.25) is 0 Å². The largest absolute Gasteiger partial charge is 0.393 e. The zero-order valence-corrected chi connectivity index (χ0v) is 13.6. The van der Waals surface area contributed by atoms with E-state index in [1.54, 1.807) is 0 Å². The number of epoxide rings is 1. The summed E-state index contributed by atoms with van der Waals surface area (Å²) in [7, 11) is 0. The second kappa shape index (κ2) is 4.06. The number of hydrogen-bond donors (Lipinski definition) is 1. The number of aliphatic hydroxyl groups excluding tert-OH is 1. The van der Waals surface area contributed by atoms with E-state index in [-0.39, 0.29) is 11.5 Å². The zero-order valence-electron chi connectivity index (χ0n) is 13.6. The van der Waals surface area contributed by atoms with Crippen molar-refractivity contribution >= 4 is 0 Å². The summed E-state index contributed by atoms with van der Waals surface area (Å²) in [5, 5.41) is 10.5. The van der Waals surface area contributed by atoms with Gasteiger partial charge < -0.3 is 9.84 Å². The fourth-order valence-corrected chi connectivity index (χ4v) is 7.49. The van der Waals surface area contributed by atoms with Crippen LogP contribution in [0.1, 0.15) is 65.2 Å². The lowest BCUT2D eigenvalue weighted by Crippen LogP contribution is -2.54. The molecule has 2 nitrogen and oxygen atoms in total. The van der Waals surface area contributed by atoms with Gasteiger partial charge in [0.1, 0.15) is 0 Å². The predicted octanol–water partition coefficient (Wildman–Crippen LogP) is 3.77. The van der Waals surface area contributed by atoms with Crippen LogP contribution in [0.25, 0.3) is 0 Å². The smallest absolute Gasteiger partial charge is 0.0847 e. The Bertz CT molecular complexity index is 462. The zero-order chi connectivity index (χ0) is 14.4. The lowest BCUT2D eigenvalue weighted by Gasteiger charge is -2.59. The molecule has 0 aromatic carbocycles. The summed E-state index contributed by atoms with van der Waals surface area (Å²) >= 11 is 0. The van der Waals surface area contributed by atoms with Crippen LogP contribution in [0.4, 0.5) is 0 Å². The summed E-state index contributed by atoms with van der Waals surface area (Å²) in [5.41, 5.74) is 0.771. The summed E-state index contributed by atoms with van der Waals surface area (Å²) in [5.74, 6) is 3.50. The Morgan fingerprint density at radius 3 is 2.57 bits per heavy atom. The molecule has 2 unspecified atom stereocenters. The van der Waals surface area contributed by atoms with Crippen molar-refractivity contribution < 1.29 is 9.84 Å². The van der Waals surface area contributed by atoms with Gasteiger partial charge in [0.05, 0.1) is 18.3 Å². The van der Waals surface area contributed by atoms with E-state index in [4.69, 9.17) is 4.74 Å². The first-order valence-corrected chi connectivity index (χ1v) is 9.36. The maximum Gasteiger partial charge on any atom is 0.0847 e. The van der Waals surface area contributed by atoms with Crippen molar-refractivity contribution in [1.82, 2.24) is 0 Å². The molecule has 21 heavy (non-hydrogen) atoms. The van der Waals surface area contributed by atoms with Crippen molar-refractivity contribution in [2.24, 2.45) is 34.5 Å². The minimum atomic E-state index is -0.0310. The van der Waals surface area contributed by atoms with E-state index in [0.717, 1.165) is 30.1 Å². The molecule has 1 saturated heterocycles. The number of rotatable bonds is 0. The minimum absolute atomic E-state index is 0.0310. The SMILES string of the molecule is C[C@]12CC3OC3C[C@H]1CC[C@@H]1[C@@H]2CC[C@]2(C)[C@H](O)CC[C@@H]12. The number of ether oxygens (including phenoxy) is 1. The van der Waals surface area contributed by atoms with E-state index in [9.17, 15) is 5.11 Å². The van der Waals surface area contributed by atoms with Gasteiger partial charge in [0, 0.05) is 0 Å². The van der Waals surface area contributed by atoms with Crippen LogP contribution in [0.5, 0.6) is 0 Å². The van der Waals surface area contributed by atoms with Crippen LogP contribution in [0.15, 0.2) is 0 Å². The van der Waals surface area contributed by atoms with Crippen molar-refractivity contribution in [2.45, 2.75) is 83.5 Å². The van der Waals surface area contributed by atoms with Crippen LogP contribution in [0, 0.1) is 34.5 Å². The monoisotopic (exact) mass is 290 g/mol. The van der Waals surface area contributed by atoms with Gasteiger partial charge in [0.25, 0.3) is 0 Å². The van der Waals surface area contributed by atoms with Crippen molar-refractivity contribution in [3.63, 3.8) is 0 Å². The second-order valence-electron chi connectivity index (χ2n) is 9.45. The maximum atomic E-state index is 10.5. The molecule has 2 heteroatoms. The third-order valence-electron chi connectivity index (χ3n) is 8.86. The van der Waals surface area contributed by atoms with Gasteiger partial charge in [-0.15, -0.1) is 0 Å². The van der Waals surface area contributed by atoms with Gasteiger partial charge in [0.2, 0.25) is 0 Å². The molecule has 0 bridgehead atoms. The Labute approximate surface area is 128 Å². The Morgan fingerprint density at radius 1 is 0.905 bits per heavy atom. The van der Waals surface area contributed by atoms with Crippen LogP contribution in [0.2, 0.25) is 0 Å². The van der Waals surface area contributed by atoms with E-state index in [1.165, 1.54) is 44.9 Å². The van der Waals surface area contributed by atoms with E-state index in [1.807, 2.05) is 0 Å². The van der Waals surface area contributed by atoms with Crippen molar-refractivity contribution in [3.8, 4) is 0 Å². The third-order valence-corrected chi connectivity index (χ3v) is 8.86. The molecule has 1 N–H and O–H groups in total. The summed E-state index contributed by atoms with van der Waals surface area (Å²) < 4.78 is 5.90. The molecule has 5 fully saturated rings. The highest BCUT2D eigenvalue weighted by Crippen LogP contribution is 2.67. The number of hydrogen-bond acceptors (Lipinski definition) is 2. The lowest BCUT2D eigenvalue weighted by atomic mass is 9.45. The van der Waals surface area contributed by atoms with Gasteiger partial charge in [0.15, 0.2) is 0 Å². The van der Waals surface area contributed by atoms with E-state index in [0.29, 0.717) is 17.6 Å². The predicted molar refractivity (Wildman–Crippen MR) is 81.8 cm³/mol. The average Bonchev–Trinajstić information content (AvgIpc) is 3.12. The maximum absolute atomic E-state index is 10.5. The van der Waals surface area contributed by atoms with Gasteiger partial charge >= 0.3 is 0 Å². The van der Waals surface area contributed by atoms with Gasteiger partial charge in [-0.25, -0.2) is 0 Å². The quantitative estimate of drug-likeness (QED) is 0.689. The summed E-state index contributed by atoms with van der Waals surface area (Å²) in [6, 6.07) is 0. The molecule has 0 aromatic heterocycles. The molecule has 118 valence electrons. The van der Waals surface area contributed by atoms with Crippen molar-refractivity contribution in [3.05, 3.63) is 0 Å². The normalized spacial score (nSPS) is 65.0. The van der Waals surface area contributed by atoms with Crippen LogP contribution in [-0.4, -0.2) is 23.4 Å². The molecule has 4 aliphatic carbocycles. The number of aliphatic hydroxyl groups is 1. The van der Waals surface area contributed by atoms with Crippen LogP contribution < -0.4 is 0 Å². The highest BCUT2D eigenvalue weighted by molar-refractivity contribution is 5.12. The summed E-state index contributed by atoms with van der Waals surface area (Å²) in [4.78, 5) is 0. The third kappa shape index (κ3) is 1.62. The van der Waals surface area contributed by atoms with Crippen LogP contribution in [0.3, 0.4) is 0 Å². The molecule has 0 radical (unpaired) electrons. The van der Waals surface area contributed by atoms with Gasteiger partial charge in [-0.05, 0) is 85.9 Å². The van der Waals surface area contributed by atoms with E-state index >= 15 is 0 Å². The molecule has 5 rings (SSSR count). The molecule has 4 saturated carbocycles. The summed E-state index contributed by atoms with van der Waals surface area (Å²) in [6.45, 7) is 4.99. The Hall–Kier alpha value is -0.0800. The molecular weight excluding hydrogens is 260 g/mol. The Kier molecular flexibility index (Phi) is 2.58. The molecule has 0 aromatic rings. The van der Waals surface area contributed by atoms with Gasteiger partial charge in [-0.1, -0.05) is 13.8 Å². The van der Waals surface area contributed by atoms with Crippen LogP contribution in [-0.2, 0) is 4.74 Å². The highest BCUT2D eigenvalue weighted by Gasteiger charge is 2.63. The molecule has 9 atom stereocenters. The minimum Gasteiger partial charge on any atom is -0.393 e. The second-order valence-corrected chi connectivity index (χ2v) is 9.45. The Balaban J connectivity index is 1.47. The van der Waals surface area contributed by atoms with Crippen molar-refractivity contribution in [1.29, 1.82) is 0 Å². The topological polar surface area (TPSA) is 32.8 Å². The summed E-state index contributed by atoms with van der Waals surface area (Å²) in [6.07, 6.45) is 11.7. The fraction of sp³-hybridized carbons (Fsp3) is 1.00. The lowest BCUT2D eigenvalue weighted by molar-refractivity contribution is -0.117. The number of fused-ring (bicyclic) bond motifs is 6. The average molecular weight is 290 g/mol. The first-order valence-electron chi connectivity index (χ1n) is 9.36. The molecule has 1 aliphatic heterocycles. The highest BCUT2D eigenvalue weighted by atomic mass is 16.6. The fourth-order valence-electron chi connectivity index (χ4n) is 7.49. The molecule has 0 spiro atoms. The van der Waals surface area contributed by atoms with Gasteiger partial charge in [-0.2, -0.15) is 0 Å². The molecule has 1 heterocycles. The van der Waals surface area contributed by atoms with E-state index < -0.39 is 0 Å². The molecular formula is C19H30O2.